The van der Waals surface area contributed by atoms with E-state index in [2.05, 4.69) is 25.6 Å². The van der Waals surface area contributed by atoms with Crippen molar-refractivity contribution < 1.29 is 4.79 Å². The number of rotatable bonds is 3. The first-order chi connectivity index (χ1) is 12.0. The number of aromatic amines is 1. The summed E-state index contributed by atoms with van der Waals surface area (Å²) in [7, 11) is 0. The molecule has 1 atom stereocenters. The van der Waals surface area contributed by atoms with Crippen LogP contribution in [-0.2, 0) is 0 Å². The minimum Gasteiger partial charge on any atom is -0.350 e. The van der Waals surface area contributed by atoms with Gasteiger partial charge in [0.1, 0.15) is 0 Å². The van der Waals surface area contributed by atoms with E-state index in [1.54, 1.807) is 6.20 Å². The number of anilines is 2. The molecule has 3 rings (SSSR count). The number of urea groups is 1. The van der Waals surface area contributed by atoms with Crippen molar-refractivity contribution in [3.63, 3.8) is 0 Å². The molecule has 0 bridgehead atoms. The van der Waals surface area contributed by atoms with Gasteiger partial charge in [-0.25, -0.2) is 9.78 Å². The van der Waals surface area contributed by atoms with E-state index in [0.29, 0.717) is 18.1 Å². The summed E-state index contributed by atoms with van der Waals surface area (Å²) in [5.74, 6) is 0.396. The molecule has 2 amide bonds. The second kappa shape index (κ2) is 7.33. The molecule has 2 aromatic heterocycles. The molecule has 0 saturated carbocycles. The number of pyridine rings is 1. The third-order valence-electron chi connectivity index (χ3n) is 4.22. The minimum absolute atomic E-state index is 0.0473. The zero-order valence-corrected chi connectivity index (χ0v) is 14.4. The van der Waals surface area contributed by atoms with Gasteiger partial charge >= 0.3 is 6.03 Å². The van der Waals surface area contributed by atoms with Crippen molar-refractivity contribution in [3.05, 3.63) is 46.3 Å². The molecule has 0 spiro atoms. The standard InChI is InChI=1S/C17H22N6O2/c1-11-5-6-14(12(2)20-11)22-17(25)21-13-4-3-9-23(10-13)15-16(24)19-8-7-18-15/h5-8,13H,3-4,9-10H2,1-2H3,(H,19,24)(H2,21,22,25). The van der Waals surface area contributed by atoms with Gasteiger partial charge in [-0.2, -0.15) is 0 Å². The number of nitrogens with one attached hydrogen (secondary N) is 3. The Hall–Kier alpha value is -2.90. The average molecular weight is 342 g/mol. The summed E-state index contributed by atoms with van der Waals surface area (Å²) in [6.07, 6.45) is 4.82. The summed E-state index contributed by atoms with van der Waals surface area (Å²) in [6.45, 7) is 5.07. The Labute approximate surface area is 145 Å². The number of piperidine rings is 1. The highest BCUT2D eigenvalue weighted by Crippen LogP contribution is 2.15. The lowest BCUT2D eigenvalue weighted by atomic mass is 10.1. The van der Waals surface area contributed by atoms with Gasteiger partial charge in [-0.15, -0.1) is 0 Å². The quantitative estimate of drug-likeness (QED) is 0.786. The first-order valence-electron chi connectivity index (χ1n) is 8.33. The van der Waals surface area contributed by atoms with Gasteiger partial charge in [0.05, 0.1) is 11.4 Å². The van der Waals surface area contributed by atoms with E-state index in [1.807, 2.05) is 30.9 Å². The zero-order valence-electron chi connectivity index (χ0n) is 14.4. The summed E-state index contributed by atoms with van der Waals surface area (Å²) >= 11 is 0. The summed E-state index contributed by atoms with van der Waals surface area (Å²) < 4.78 is 0. The highest BCUT2D eigenvalue weighted by molar-refractivity contribution is 5.90. The smallest absolute Gasteiger partial charge is 0.319 e. The van der Waals surface area contributed by atoms with Crippen molar-refractivity contribution in [1.82, 2.24) is 20.3 Å². The van der Waals surface area contributed by atoms with Crippen LogP contribution in [0.1, 0.15) is 24.2 Å². The number of carbonyl (C=O) groups is 1. The number of amides is 2. The van der Waals surface area contributed by atoms with Crippen molar-refractivity contribution >= 4 is 17.5 Å². The molecule has 2 aromatic rings. The van der Waals surface area contributed by atoms with Gasteiger partial charge in [0.2, 0.25) is 0 Å². The Morgan fingerprint density at radius 3 is 2.96 bits per heavy atom. The maximum absolute atomic E-state index is 12.3. The molecular weight excluding hydrogens is 320 g/mol. The van der Waals surface area contributed by atoms with E-state index in [0.717, 1.165) is 30.8 Å². The van der Waals surface area contributed by atoms with E-state index < -0.39 is 0 Å². The highest BCUT2D eigenvalue weighted by Gasteiger charge is 2.24. The fraction of sp³-hybridized carbons (Fsp3) is 0.412. The summed E-state index contributed by atoms with van der Waals surface area (Å²) in [4.78, 5) is 37.2. The molecule has 0 radical (unpaired) electrons. The highest BCUT2D eigenvalue weighted by atomic mass is 16.2. The van der Waals surface area contributed by atoms with Crippen LogP contribution in [0.5, 0.6) is 0 Å². The lowest BCUT2D eigenvalue weighted by Crippen LogP contribution is -2.50. The summed E-state index contributed by atoms with van der Waals surface area (Å²) in [5.41, 5.74) is 2.17. The molecular formula is C17H22N6O2. The zero-order chi connectivity index (χ0) is 17.8. The lowest BCUT2D eigenvalue weighted by Gasteiger charge is -2.33. The van der Waals surface area contributed by atoms with Gasteiger partial charge in [-0.05, 0) is 38.8 Å². The SMILES string of the molecule is Cc1ccc(NC(=O)NC2CCCN(c3ncc[nH]c3=O)C2)c(C)n1. The van der Waals surface area contributed by atoms with Gasteiger partial charge in [-0.3, -0.25) is 9.78 Å². The molecule has 132 valence electrons. The number of hydrogen-bond donors (Lipinski definition) is 3. The largest absolute Gasteiger partial charge is 0.350 e. The first-order valence-corrected chi connectivity index (χ1v) is 8.33. The summed E-state index contributed by atoms with van der Waals surface area (Å²) in [5, 5.41) is 5.80. The number of nitrogens with zero attached hydrogens (tertiary/aromatic N) is 3. The molecule has 25 heavy (non-hydrogen) atoms. The molecule has 8 heteroatoms. The van der Waals surface area contributed by atoms with Crippen LogP contribution in [0.15, 0.2) is 29.3 Å². The molecule has 3 N–H and O–H groups in total. The number of aromatic nitrogens is 3. The van der Waals surface area contributed by atoms with E-state index in [9.17, 15) is 9.59 Å². The number of H-pyrrole nitrogens is 1. The molecule has 1 unspecified atom stereocenters. The maximum atomic E-state index is 12.3. The molecule has 0 aromatic carbocycles. The second-order valence-electron chi connectivity index (χ2n) is 6.21. The fourth-order valence-electron chi connectivity index (χ4n) is 3.02. The Morgan fingerprint density at radius 2 is 2.20 bits per heavy atom. The van der Waals surface area contributed by atoms with Gasteiger partial charge in [0.25, 0.3) is 5.56 Å². The van der Waals surface area contributed by atoms with Crippen LogP contribution in [0, 0.1) is 13.8 Å². The van der Waals surface area contributed by atoms with Crippen LogP contribution < -0.4 is 21.1 Å². The molecule has 3 heterocycles. The second-order valence-corrected chi connectivity index (χ2v) is 6.21. The predicted octanol–water partition coefficient (Wildman–Crippen LogP) is 1.57. The first kappa shape index (κ1) is 16.9. The summed E-state index contributed by atoms with van der Waals surface area (Å²) in [6, 6.07) is 3.39. The Balaban J connectivity index is 1.61. The Kier molecular flexibility index (Phi) is 4.97. The molecule has 8 nitrogen and oxygen atoms in total. The number of aryl methyl sites for hydroxylation is 2. The monoisotopic (exact) mass is 342 g/mol. The topological polar surface area (TPSA) is 103 Å². The van der Waals surface area contributed by atoms with Crippen LogP contribution >= 0.6 is 0 Å². The molecule has 1 aliphatic heterocycles. The van der Waals surface area contributed by atoms with E-state index in [4.69, 9.17) is 0 Å². The van der Waals surface area contributed by atoms with Crippen LogP contribution in [0.3, 0.4) is 0 Å². The van der Waals surface area contributed by atoms with Crippen LogP contribution in [0.25, 0.3) is 0 Å². The van der Waals surface area contributed by atoms with Gasteiger partial charge in [0, 0.05) is 37.2 Å². The molecule has 1 fully saturated rings. The van der Waals surface area contributed by atoms with Crippen molar-refractivity contribution in [2.75, 3.05) is 23.3 Å². The Bertz CT molecular complexity index is 819. The van der Waals surface area contributed by atoms with Gasteiger partial charge in [0.15, 0.2) is 5.82 Å². The van der Waals surface area contributed by atoms with Crippen molar-refractivity contribution in [3.8, 4) is 0 Å². The minimum atomic E-state index is -0.268. The fourth-order valence-corrected chi connectivity index (χ4v) is 3.02. The third-order valence-corrected chi connectivity index (χ3v) is 4.22. The predicted molar refractivity (Wildman–Crippen MR) is 96.0 cm³/mol. The van der Waals surface area contributed by atoms with E-state index >= 15 is 0 Å². The lowest BCUT2D eigenvalue weighted by molar-refractivity contribution is 0.246. The third kappa shape index (κ3) is 4.14. The van der Waals surface area contributed by atoms with Crippen molar-refractivity contribution in [2.24, 2.45) is 0 Å². The van der Waals surface area contributed by atoms with Gasteiger partial charge in [-0.1, -0.05) is 0 Å². The average Bonchev–Trinajstić information content (AvgIpc) is 2.58. The molecule has 1 aliphatic rings. The van der Waals surface area contributed by atoms with E-state index in [1.165, 1.54) is 6.20 Å². The van der Waals surface area contributed by atoms with Crippen LogP contribution in [0.4, 0.5) is 16.3 Å². The van der Waals surface area contributed by atoms with E-state index in [-0.39, 0.29) is 17.6 Å². The normalized spacial score (nSPS) is 17.2. The maximum Gasteiger partial charge on any atom is 0.319 e. The van der Waals surface area contributed by atoms with Crippen LogP contribution in [0.2, 0.25) is 0 Å². The van der Waals surface area contributed by atoms with Crippen molar-refractivity contribution in [1.29, 1.82) is 0 Å². The van der Waals surface area contributed by atoms with Gasteiger partial charge < -0.3 is 20.5 Å². The van der Waals surface area contributed by atoms with Crippen molar-refractivity contribution in [2.45, 2.75) is 32.7 Å². The Morgan fingerprint density at radius 1 is 1.36 bits per heavy atom. The molecule has 1 saturated heterocycles. The molecule has 0 aliphatic carbocycles. The van der Waals surface area contributed by atoms with Crippen LogP contribution in [-0.4, -0.2) is 40.1 Å². The number of hydrogen-bond acceptors (Lipinski definition) is 5. The number of carbonyl (C=O) groups excluding carboxylic acids is 1.